The van der Waals surface area contributed by atoms with Crippen LogP contribution in [0, 0.1) is 12.3 Å². The van der Waals surface area contributed by atoms with Gasteiger partial charge in [-0.2, -0.15) is 0 Å². The number of nitrogens with zero attached hydrogens (tertiary/aromatic N) is 2. The van der Waals surface area contributed by atoms with Crippen molar-refractivity contribution in [3.8, 4) is 0 Å². The van der Waals surface area contributed by atoms with Gasteiger partial charge in [0.05, 0.1) is 17.7 Å². The number of imidazole rings is 1. The van der Waals surface area contributed by atoms with E-state index in [0.29, 0.717) is 13.1 Å². The number of nitrogens with two attached hydrogens (primary N) is 1. The highest BCUT2D eigenvalue weighted by molar-refractivity contribution is 5.85. The van der Waals surface area contributed by atoms with Crippen molar-refractivity contribution in [3.63, 3.8) is 0 Å². The van der Waals surface area contributed by atoms with Crippen LogP contribution in [-0.2, 0) is 11.3 Å². The Hall–Kier alpha value is -1.30. The summed E-state index contributed by atoms with van der Waals surface area (Å²) in [4.78, 5) is 16.9. The highest BCUT2D eigenvalue weighted by atomic mass is 35.5. The lowest BCUT2D eigenvalue weighted by atomic mass is 9.81. The maximum Gasteiger partial charge on any atom is 0.227 e. The molecule has 0 radical (unpaired) electrons. The predicted octanol–water partition coefficient (Wildman–Crippen LogP) is 2.87. The minimum absolute atomic E-state index is 0. The van der Waals surface area contributed by atoms with Gasteiger partial charge in [0.2, 0.25) is 5.91 Å². The molecule has 130 valence electrons. The Morgan fingerprint density at radius 2 is 2.00 bits per heavy atom. The van der Waals surface area contributed by atoms with E-state index >= 15 is 0 Å². The standard InChI is InChI=1S/C16H24N4O.2ClH/c1-4-16(5-2,11-17)15(21)18-9-13-10-20-7-6-12(3)8-14(20)19-13;;/h6-8,10H,4-5,9,11,17H2,1-3H3,(H,18,21);2*1H. The second-order valence-corrected chi connectivity index (χ2v) is 5.58. The molecule has 2 rings (SSSR count). The Labute approximate surface area is 149 Å². The van der Waals surface area contributed by atoms with Gasteiger partial charge in [-0.1, -0.05) is 13.8 Å². The fourth-order valence-corrected chi connectivity index (χ4v) is 2.53. The fraction of sp³-hybridized carbons (Fsp3) is 0.500. The number of rotatable bonds is 6. The lowest BCUT2D eigenvalue weighted by molar-refractivity contribution is -0.131. The zero-order chi connectivity index (χ0) is 15.5. The Morgan fingerprint density at radius 1 is 1.35 bits per heavy atom. The quantitative estimate of drug-likeness (QED) is 0.831. The third-order valence-electron chi connectivity index (χ3n) is 4.32. The van der Waals surface area contributed by atoms with Crippen LogP contribution in [0.3, 0.4) is 0 Å². The number of hydrogen-bond acceptors (Lipinski definition) is 3. The molecule has 0 atom stereocenters. The van der Waals surface area contributed by atoms with E-state index in [1.54, 1.807) is 0 Å². The van der Waals surface area contributed by atoms with Crippen LogP contribution in [-0.4, -0.2) is 21.8 Å². The lowest BCUT2D eigenvalue weighted by Gasteiger charge is -2.28. The highest BCUT2D eigenvalue weighted by Gasteiger charge is 2.33. The number of halogens is 2. The Kier molecular flexibility index (Phi) is 8.59. The number of aromatic nitrogens is 2. The van der Waals surface area contributed by atoms with Crippen molar-refractivity contribution in [2.24, 2.45) is 11.1 Å². The summed E-state index contributed by atoms with van der Waals surface area (Å²) in [7, 11) is 0. The van der Waals surface area contributed by atoms with Gasteiger partial charge < -0.3 is 15.5 Å². The van der Waals surface area contributed by atoms with Gasteiger partial charge in [0.25, 0.3) is 0 Å². The molecule has 0 unspecified atom stereocenters. The number of fused-ring (bicyclic) bond motifs is 1. The SMILES string of the molecule is CCC(CC)(CN)C(=O)NCc1cn2ccc(C)cc2n1.Cl.Cl. The van der Waals surface area contributed by atoms with Gasteiger partial charge in [-0.3, -0.25) is 4.79 Å². The van der Waals surface area contributed by atoms with Crippen molar-refractivity contribution < 1.29 is 4.79 Å². The number of carbonyl (C=O) groups is 1. The van der Waals surface area contributed by atoms with Crippen LogP contribution in [0.4, 0.5) is 0 Å². The molecule has 1 amide bonds. The molecule has 0 aliphatic heterocycles. The van der Waals surface area contributed by atoms with E-state index in [2.05, 4.69) is 10.3 Å². The predicted molar refractivity (Wildman–Crippen MR) is 98.3 cm³/mol. The lowest BCUT2D eigenvalue weighted by Crippen LogP contribution is -2.45. The molecule has 0 fully saturated rings. The monoisotopic (exact) mass is 360 g/mol. The average molecular weight is 361 g/mol. The molecule has 2 aromatic heterocycles. The van der Waals surface area contributed by atoms with E-state index in [1.165, 1.54) is 5.56 Å². The Morgan fingerprint density at radius 3 is 2.57 bits per heavy atom. The maximum atomic E-state index is 12.4. The molecule has 7 heteroatoms. The fourth-order valence-electron chi connectivity index (χ4n) is 2.53. The normalized spacial score (nSPS) is 10.8. The van der Waals surface area contributed by atoms with Gasteiger partial charge in [-0.25, -0.2) is 4.98 Å². The number of pyridine rings is 1. The minimum Gasteiger partial charge on any atom is -0.350 e. The van der Waals surface area contributed by atoms with Crippen LogP contribution in [0.5, 0.6) is 0 Å². The average Bonchev–Trinajstić information content (AvgIpc) is 2.89. The second-order valence-electron chi connectivity index (χ2n) is 5.58. The van der Waals surface area contributed by atoms with Crippen LogP contribution in [0.15, 0.2) is 24.5 Å². The first-order valence-electron chi connectivity index (χ1n) is 7.47. The zero-order valence-electron chi connectivity index (χ0n) is 13.8. The van der Waals surface area contributed by atoms with Crippen LogP contribution in [0.25, 0.3) is 5.65 Å². The molecular formula is C16H26Cl2N4O. The summed E-state index contributed by atoms with van der Waals surface area (Å²) in [5, 5.41) is 2.97. The Bertz CT molecular complexity index is 630. The van der Waals surface area contributed by atoms with Crippen molar-refractivity contribution in [2.45, 2.75) is 40.2 Å². The van der Waals surface area contributed by atoms with Crippen LogP contribution in [0.1, 0.15) is 37.9 Å². The van der Waals surface area contributed by atoms with Crippen LogP contribution >= 0.6 is 24.8 Å². The van der Waals surface area contributed by atoms with Crippen LogP contribution < -0.4 is 11.1 Å². The summed E-state index contributed by atoms with van der Waals surface area (Å²) in [5.41, 5.74) is 8.25. The van der Waals surface area contributed by atoms with Gasteiger partial charge in [0, 0.05) is 18.9 Å². The third-order valence-corrected chi connectivity index (χ3v) is 4.32. The number of aryl methyl sites for hydroxylation is 1. The van der Waals surface area contributed by atoms with E-state index in [9.17, 15) is 4.79 Å². The third kappa shape index (κ3) is 4.59. The zero-order valence-corrected chi connectivity index (χ0v) is 15.5. The summed E-state index contributed by atoms with van der Waals surface area (Å²) >= 11 is 0. The van der Waals surface area contributed by atoms with Crippen molar-refractivity contribution in [3.05, 3.63) is 35.8 Å². The van der Waals surface area contributed by atoms with Gasteiger partial charge in [0.15, 0.2) is 0 Å². The van der Waals surface area contributed by atoms with Gasteiger partial charge in [-0.15, -0.1) is 24.8 Å². The molecule has 3 N–H and O–H groups in total. The van der Waals surface area contributed by atoms with E-state index in [0.717, 1.165) is 24.2 Å². The topological polar surface area (TPSA) is 72.4 Å². The summed E-state index contributed by atoms with van der Waals surface area (Å²) in [5.74, 6) is 0.0169. The maximum absolute atomic E-state index is 12.4. The molecule has 0 saturated carbocycles. The first-order chi connectivity index (χ1) is 10.0. The Balaban J connectivity index is 0.00000242. The summed E-state index contributed by atoms with van der Waals surface area (Å²) < 4.78 is 1.96. The molecule has 2 aromatic rings. The minimum atomic E-state index is -0.463. The summed E-state index contributed by atoms with van der Waals surface area (Å²) in [6.45, 7) is 6.85. The molecule has 23 heavy (non-hydrogen) atoms. The van der Waals surface area contributed by atoms with Gasteiger partial charge in [0.1, 0.15) is 5.65 Å². The van der Waals surface area contributed by atoms with Crippen molar-refractivity contribution in [2.75, 3.05) is 6.54 Å². The number of hydrogen-bond donors (Lipinski definition) is 2. The molecule has 0 saturated heterocycles. The van der Waals surface area contributed by atoms with Crippen molar-refractivity contribution in [1.82, 2.24) is 14.7 Å². The highest BCUT2D eigenvalue weighted by Crippen LogP contribution is 2.25. The first-order valence-corrected chi connectivity index (χ1v) is 7.47. The summed E-state index contributed by atoms with van der Waals surface area (Å²) in [6.07, 6.45) is 5.41. The molecule has 2 heterocycles. The molecule has 0 aromatic carbocycles. The molecular weight excluding hydrogens is 335 g/mol. The largest absolute Gasteiger partial charge is 0.350 e. The molecule has 5 nitrogen and oxygen atoms in total. The smallest absolute Gasteiger partial charge is 0.227 e. The van der Waals surface area contributed by atoms with E-state index in [4.69, 9.17) is 5.73 Å². The van der Waals surface area contributed by atoms with Gasteiger partial charge >= 0.3 is 0 Å². The van der Waals surface area contributed by atoms with E-state index in [-0.39, 0.29) is 30.7 Å². The summed E-state index contributed by atoms with van der Waals surface area (Å²) in [6, 6.07) is 4.05. The van der Waals surface area contributed by atoms with Crippen molar-refractivity contribution in [1.29, 1.82) is 0 Å². The first kappa shape index (κ1) is 21.7. The van der Waals surface area contributed by atoms with Gasteiger partial charge in [-0.05, 0) is 37.5 Å². The van der Waals surface area contributed by atoms with E-state index in [1.807, 2.05) is 49.7 Å². The molecule has 0 spiro atoms. The number of amides is 1. The van der Waals surface area contributed by atoms with Crippen molar-refractivity contribution >= 4 is 36.4 Å². The molecule has 0 bridgehead atoms. The molecule has 0 aliphatic rings. The second kappa shape index (κ2) is 9.11. The van der Waals surface area contributed by atoms with Crippen LogP contribution in [0.2, 0.25) is 0 Å². The molecule has 0 aliphatic carbocycles. The number of nitrogens with one attached hydrogen (secondary N) is 1. The number of carbonyl (C=O) groups excluding carboxylic acids is 1. The van der Waals surface area contributed by atoms with E-state index < -0.39 is 5.41 Å².